The lowest BCUT2D eigenvalue weighted by atomic mass is 10.1. The normalized spacial score (nSPS) is 12.2. The van der Waals surface area contributed by atoms with Crippen LogP contribution >= 0.6 is 15.9 Å². The van der Waals surface area contributed by atoms with Crippen molar-refractivity contribution in [3.8, 4) is 0 Å². The van der Waals surface area contributed by atoms with Crippen molar-refractivity contribution in [2.24, 2.45) is 0 Å². The van der Waals surface area contributed by atoms with Gasteiger partial charge in [0.2, 0.25) is 5.91 Å². The predicted molar refractivity (Wildman–Crippen MR) is 93.4 cm³/mol. The molecule has 0 saturated heterocycles. The molecule has 0 bridgehead atoms. The van der Waals surface area contributed by atoms with Crippen LogP contribution in [0.3, 0.4) is 0 Å². The van der Waals surface area contributed by atoms with E-state index in [-0.39, 0.29) is 24.3 Å². The molecule has 0 saturated carbocycles. The maximum absolute atomic E-state index is 13.6. The third kappa shape index (κ3) is 5.44. The van der Waals surface area contributed by atoms with E-state index < -0.39 is 0 Å². The highest BCUT2D eigenvalue weighted by molar-refractivity contribution is 9.10. The van der Waals surface area contributed by atoms with Gasteiger partial charge in [-0.15, -0.1) is 0 Å². The van der Waals surface area contributed by atoms with Crippen molar-refractivity contribution >= 4 is 21.8 Å². The lowest BCUT2D eigenvalue weighted by Gasteiger charge is -2.19. The Bertz CT molecular complexity index is 660. The first-order valence-corrected chi connectivity index (χ1v) is 8.22. The highest BCUT2D eigenvalue weighted by Crippen LogP contribution is 2.16. The SMILES string of the molecule is C[C@H](NC(=O)CN(C)Cc1ccccc1F)c1ccc(Br)cc1. The Morgan fingerprint density at radius 2 is 1.87 bits per heavy atom. The maximum Gasteiger partial charge on any atom is 0.234 e. The Kier molecular flexibility index (Phi) is 6.30. The Hall–Kier alpha value is -1.72. The van der Waals surface area contributed by atoms with Gasteiger partial charge in [-0.25, -0.2) is 4.39 Å². The molecule has 0 aromatic heterocycles. The summed E-state index contributed by atoms with van der Waals surface area (Å²) in [6.07, 6.45) is 0. The smallest absolute Gasteiger partial charge is 0.234 e. The molecule has 0 spiro atoms. The van der Waals surface area contributed by atoms with E-state index in [1.165, 1.54) is 6.07 Å². The van der Waals surface area contributed by atoms with E-state index in [1.54, 1.807) is 30.1 Å². The monoisotopic (exact) mass is 378 g/mol. The number of hydrogen-bond donors (Lipinski definition) is 1. The lowest BCUT2D eigenvalue weighted by molar-refractivity contribution is -0.122. The molecule has 2 rings (SSSR count). The number of hydrogen-bond acceptors (Lipinski definition) is 2. The van der Waals surface area contributed by atoms with Gasteiger partial charge in [0.1, 0.15) is 5.82 Å². The van der Waals surface area contributed by atoms with Crippen LogP contribution in [0.25, 0.3) is 0 Å². The predicted octanol–water partition coefficient (Wildman–Crippen LogP) is 3.90. The highest BCUT2D eigenvalue weighted by atomic mass is 79.9. The standard InChI is InChI=1S/C18H20BrFN2O/c1-13(14-7-9-16(19)10-8-14)21-18(23)12-22(2)11-15-5-3-4-6-17(15)20/h3-10,13H,11-12H2,1-2H3,(H,21,23)/t13-/m0/s1. The van der Waals surface area contributed by atoms with Gasteiger partial charge in [-0.1, -0.05) is 46.3 Å². The number of halogens is 2. The molecule has 0 radical (unpaired) electrons. The quantitative estimate of drug-likeness (QED) is 0.826. The molecule has 0 fully saturated rings. The number of benzene rings is 2. The summed E-state index contributed by atoms with van der Waals surface area (Å²) in [5.74, 6) is -0.331. The number of likely N-dealkylation sites (N-methyl/N-ethyl adjacent to an activating group) is 1. The summed E-state index contributed by atoms with van der Waals surface area (Å²) in [7, 11) is 1.80. The van der Waals surface area contributed by atoms with Gasteiger partial charge < -0.3 is 5.32 Å². The molecule has 1 N–H and O–H groups in total. The third-order valence-corrected chi connectivity index (χ3v) is 4.09. The second-order valence-electron chi connectivity index (χ2n) is 5.60. The first kappa shape index (κ1) is 17.6. The van der Waals surface area contributed by atoms with E-state index in [0.29, 0.717) is 12.1 Å². The number of rotatable bonds is 6. The van der Waals surface area contributed by atoms with Crippen LogP contribution in [-0.2, 0) is 11.3 Å². The van der Waals surface area contributed by atoms with Crippen molar-refractivity contribution in [3.63, 3.8) is 0 Å². The molecule has 0 aliphatic heterocycles. The zero-order valence-electron chi connectivity index (χ0n) is 13.2. The fraction of sp³-hybridized carbons (Fsp3) is 0.278. The van der Waals surface area contributed by atoms with Gasteiger partial charge in [0, 0.05) is 16.6 Å². The van der Waals surface area contributed by atoms with E-state index in [0.717, 1.165) is 10.0 Å². The summed E-state index contributed by atoms with van der Waals surface area (Å²) in [6.45, 7) is 2.56. The van der Waals surface area contributed by atoms with Crippen LogP contribution < -0.4 is 5.32 Å². The van der Waals surface area contributed by atoms with E-state index in [9.17, 15) is 9.18 Å². The van der Waals surface area contributed by atoms with Gasteiger partial charge >= 0.3 is 0 Å². The average molecular weight is 379 g/mol. The van der Waals surface area contributed by atoms with Gasteiger partial charge in [-0.3, -0.25) is 9.69 Å². The summed E-state index contributed by atoms with van der Waals surface area (Å²) in [5, 5.41) is 2.96. The second kappa shape index (κ2) is 8.22. The Balaban J connectivity index is 1.86. The zero-order valence-corrected chi connectivity index (χ0v) is 14.8. The summed E-state index contributed by atoms with van der Waals surface area (Å²) in [5.41, 5.74) is 1.63. The molecular weight excluding hydrogens is 359 g/mol. The molecule has 2 aromatic carbocycles. The fourth-order valence-electron chi connectivity index (χ4n) is 2.34. The van der Waals surface area contributed by atoms with Crippen molar-refractivity contribution < 1.29 is 9.18 Å². The minimum absolute atomic E-state index is 0.0718. The van der Waals surface area contributed by atoms with E-state index >= 15 is 0 Å². The van der Waals surface area contributed by atoms with Crippen LogP contribution in [0.2, 0.25) is 0 Å². The molecule has 0 heterocycles. The number of amides is 1. The minimum Gasteiger partial charge on any atom is -0.348 e. The fourth-order valence-corrected chi connectivity index (χ4v) is 2.60. The van der Waals surface area contributed by atoms with Crippen molar-refractivity contribution in [2.45, 2.75) is 19.5 Å². The van der Waals surface area contributed by atoms with Crippen molar-refractivity contribution in [1.82, 2.24) is 10.2 Å². The third-order valence-electron chi connectivity index (χ3n) is 3.56. The average Bonchev–Trinajstić information content (AvgIpc) is 2.50. The van der Waals surface area contributed by atoms with Gasteiger partial charge in [0.25, 0.3) is 0 Å². The Labute approximate surface area is 144 Å². The second-order valence-corrected chi connectivity index (χ2v) is 6.52. The molecule has 0 unspecified atom stereocenters. The minimum atomic E-state index is -0.247. The van der Waals surface area contributed by atoms with Crippen LogP contribution in [-0.4, -0.2) is 24.4 Å². The van der Waals surface area contributed by atoms with E-state index in [2.05, 4.69) is 21.2 Å². The molecule has 0 aliphatic rings. The van der Waals surface area contributed by atoms with Crippen LogP contribution in [0.1, 0.15) is 24.1 Å². The largest absolute Gasteiger partial charge is 0.348 e. The molecular formula is C18H20BrFN2O. The molecule has 5 heteroatoms. The van der Waals surface area contributed by atoms with Gasteiger partial charge in [-0.05, 0) is 37.7 Å². The van der Waals surface area contributed by atoms with Gasteiger partial charge in [-0.2, -0.15) is 0 Å². The van der Waals surface area contributed by atoms with E-state index in [4.69, 9.17) is 0 Å². The molecule has 122 valence electrons. The number of carbonyl (C=O) groups is 1. The molecule has 3 nitrogen and oxygen atoms in total. The number of carbonyl (C=O) groups excluding carboxylic acids is 1. The Morgan fingerprint density at radius 3 is 2.52 bits per heavy atom. The van der Waals surface area contributed by atoms with Crippen molar-refractivity contribution in [1.29, 1.82) is 0 Å². The zero-order chi connectivity index (χ0) is 16.8. The number of nitrogens with one attached hydrogen (secondary N) is 1. The first-order chi connectivity index (χ1) is 11.0. The van der Waals surface area contributed by atoms with Crippen molar-refractivity contribution in [3.05, 3.63) is 69.9 Å². The van der Waals surface area contributed by atoms with Crippen LogP contribution in [0.15, 0.2) is 53.0 Å². The lowest BCUT2D eigenvalue weighted by Crippen LogP contribution is -2.36. The summed E-state index contributed by atoms with van der Waals surface area (Å²) < 4.78 is 14.6. The first-order valence-electron chi connectivity index (χ1n) is 7.42. The maximum atomic E-state index is 13.6. The molecule has 2 aromatic rings. The van der Waals surface area contributed by atoms with Crippen molar-refractivity contribution in [2.75, 3.05) is 13.6 Å². The summed E-state index contributed by atoms with van der Waals surface area (Å²) in [4.78, 5) is 13.9. The van der Waals surface area contributed by atoms with Gasteiger partial charge in [0.15, 0.2) is 0 Å². The molecule has 1 atom stereocenters. The molecule has 23 heavy (non-hydrogen) atoms. The topological polar surface area (TPSA) is 32.3 Å². The van der Waals surface area contributed by atoms with E-state index in [1.807, 2.05) is 31.2 Å². The summed E-state index contributed by atoms with van der Waals surface area (Å²) in [6, 6.07) is 14.4. The Morgan fingerprint density at radius 1 is 1.22 bits per heavy atom. The van der Waals surface area contributed by atoms with Gasteiger partial charge in [0.05, 0.1) is 12.6 Å². The molecule has 0 aliphatic carbocycles. The molecule has 1 amide bonds. The number of nitrogens with zero attached hydrogens (tertiary/aromatic N) is 1. The summed E-state index contributed by atoms with van der Waals surface area (Å²) >= 11 is 3.39. The van der Waals surface area contributed by atoms with Crippen LogP contribution in [0.4, 0.5) is 4.39 Å². The highest BCUT2D eigenvalue weighted by Gasteiger charge is 2.13. The van der Waals surface area contributed by atoms with Crippen LogP contribution in [0, 0.1) is 5.82 Å². The van der Waals surface area contributed by atoms with Crippen LogP contribution in [0.5, 0.6) is 0 Å².